The van der Waals surface area contributed by atoms with Crippen LogP contribution in [0.2, 0.25) is 0 Å². The molecule has 0 spiro atoms. The third-order valence-corrected chi connectivity index (χ3v) is 2.78. The zero-order valence-electron chi connectivity index (χ0n) is 12.6. The van der Waals surface area contributed by atoms with Gasteiger partial charge in [-0.15, -0.1) is 0 Å². The van der Waals surface area contributed by atoms with E-state index in [4.69, 9.17) is 9.15 Å². The smallest absolute Gasteiger partial charge is 0.375 e. The van der Waals surface area contributed by atoms with E-state index < -0.39 is 12.1 Å². The summed E-state index contributed by atoms with van der Waals surface area (Å²) in [7, 11) is 0. The van der Waals surface area contributed by atoms with Crippen molar-refractivity contribution in [3.63, 3.8) is 0 Å². The van der Waals surface area contributed by atoms with E-state index in [0.29, 0.717) is 5.58 Å². The number of fused-ring (bicyclic) bond motifs is 1. The van der Waals surface area contributed by atoms with E-state index in [9.17, 15) is 9.59 Å². The molecule has 1 aromatic heterocycles. The Labute approximate surface area is 123 Å². The highest BCUT2D eigenvalue weighted by Crippen LogP contribution is 2.19. The van der Waals surface area contributed by atoms with Crippen molar-refractivity contribution in [3.05, 3.63) is 36.1 Å². The third kappa shape index (κ3) is 3.84. The molecule has 1 amide bonds. The predicted octanol–water partition coefficient (Wildman–Crippen LogP) is 2.89. The van der Waals surface area contributed by atoms with Crippen LogP contribution in [0.4, 0.5) is 0 Å². The second-order valence-corrected chi connectivity index (χ2v) is 5.94. The number of rotatable bonds is 3. The Morgan fingerprint density at radius 3 is 2.52 bits per heavy atom. The fraction of sp³-hybridized carbons (Fsp3) is 0.375. The van der Waals surface area contributed by atoms with Crippen molar-refractivity contribution < 1.29 is 18.7 Å². The molecule has 0 bridgehead atoms. The normalized spacial score (nSPS) is 13.0. The average Bonchev–Trinajstić information content (AvgIpc) is 2.80. The Morgan fingerprint density at radius 1 is 1.24 bits per heavy atom. The van der Waals surface area contributed by atoms with Crippen LogP contribution in [0.25, 0.3) is 11.0 Å². The van der Waals surface area contributed by atoms with Crippen LogP contribution in [0, 0.1) is 0 Å². The predicted molar refractivity (Wildman–Crippen MR) is 79.0 cm³/mol. The van der Waals surface area contributed by atoms with Gasteiger partial charge in [-0.1, -0.05) is 18.2 Å². The highest BCUT2D eigenvalue weighted by Gasteiger charge is 2.24. The number of benzene rings is 1. The third-order valence-electron chi connectivity index (χ3n) is 2.78. The van der Waals surface area contributed by atoms with Crippen molar-refractivity contribution in [1.29, 1.82) is 0 Å². The van der Waals surface area contributed by atoms with Crippen molar-refractivity contribution in [2.24, 2.45) is 0 Å². The number of carbonyl (C=O) groups excluding carboxylic acids is 2. The van der Waals surface area contributed by atoms with E-state index in [1.54, 1.807) is 12.1 Å². The molecule has 0 radical (unpaired) electrons. The van der Waals surface area contributed by atoms with Crippen LogP contribution in [0.5, 0.6) is 0 Å². The molecule has 0 aliphatic heterocycles. The fourth-order valence-corrected chi connectivity index (χ4v) is 1.83. The molecule has 0 saturated heterocycles. The lowest BCUT2D eigenvalue weighted by Gasteiger charge is -2.22. The number of para-hydroxylation sites is 1. The summed E-state index contributed by atoms with van der Waals surface area (Å²) in [6.07, 6.45) is -0.884. The first-order valence-corrected chi connectivity index (χ1v) is 6.78. The summed E-state index contributed by atoms with van der Waals surface area (Å²) in [5, 5.41) is 3.57. The molecule has 112 valence electrons. The van der Waals surface area contributed by atoms with Crippen LogP contribution in [-0.2, 0) is 9.53 Å². The lowest BCUT2D eigenvalue weighted by molar-refractivity contribution is -0.130. The lowest BCUT2D eigenvalue weighted by Crippen LogP contribution is -2.46. The summed E-state index contributed by atoms with van der Waals surface area (Å²) in [5.74, 6) is -0.902. The molecule has 1 atom stereocenters. The van der Waals surface area contributed by atoms with Crippen LogP contribution >= 0.6 is 0 Å². The van der Waals surface area contributed by atoms with Crippen LogP contribution in [0.1, 0.15) is 38.2 Å². The zero-order chi connectivity index (χ0) is 15.6. The quantitative estimate of drug-likeness (QED) is 0.882. The van der Waals surface area contributed by atoms with Gasteiger partial charge in [0.05, 0.1) is 0 Å². The summed E-state index contributed by atoms with van der Waals surface area (Å²) in [5.41, 5.74) is 0.230. The minimum absolute atomic E-state index is 0.0895. The van der Waals surface area contributed by atoms with Crippen LogP contribution < -0.4 is 5.32 Å². The minimum Gasteiger partial charge on any atom is -0.449 e. The second kappa shape index (κ2) is 5.60. The molecule has 0 aliphatic carbocycles. The van der Waals surface area contributed by atoms with Crippen molar-refractivity contribution in [1.82, 2.24) is 5.32 Å². The molecule has 1 heterocycles. The monoisotopic (exact) mass is 289 g/mol. The summed E-state index contributed by atoms with van der Waals surface area (Å²) in [6.45, 7) is 7.11. The van der Waals surface area contributed by atoms with E-state index in [1.807, 2.05) is 39.0 Å². The van der Waals surface area contributed by atoms with Gasteiger partial charge in [-0.3, -0.25) is 4.79 Å². The van der Waals surface area contributed by atoms with Crippen molar-refractivity contribution in [3.8, 4) is 0 Å². The SMILES string of the molecule is C[C@H](OC(=O)c1cc2ccccc2o1)C(=O)NC(C)(C)C. The van der Waals surface area contributed by atoms with Gasteiger partial charge in [-0.25, -0.2) is 4.79 Å². The standard InChI is InChI=1S/C16H19NO4/c1-10(14(18)17-16(2,3)4)20-15(19)13-9-11-7-5-6-8-12(11)21-13/h5-10H,1-4H3,(H,17,18)/t10-/m0/s1. The maximum atomic E-state index is 12.0. The molecule has 2 rings (SSSR count). The Hall–Kier alpha value is -2.30. The number of nitrogens with one attached hydrogen (secondary N) is 1. The number of furan rings is 1. The van der Waals surface area contributed by atoms with E-state index in [0.717, 1.165) is 5.39 Å². The van der Waals surface area contributed by atoms with Gasteiger partial charge in [0.25, 0.3) is 5.91 Å². The van der Waals surface area contributed by atoms with Gasteiger partial charge in [0.15, 0.2) is 6.10 Å². The maximum Gasteiger partial charge on any atom is 0.375 e. The first-order valence-electron chi connectivity index (χ1n) is 6.78. The number of carbonyl (C=O) groups is 2. The molecule has 1 aromatic carbocycles. The molecule has 5 nitrogen and oxygen atoms in total. The Morgan fingerprint density at radius 2 is 1.90 bits per heavy atom. The van der Waals surface area contributed by atoms with Gasteiger partial charge >= 0.3 is 5.97 Å². The van der Waals surface area contributed by atoms with Gasteiger partial charge in [-0.05, 0) is 39.8 Å². The number of esters is 1. The number of hydrogen-bond donors (Lipinski definition) is 1. The van der Waals surface area contributed by atoms with E-state index in [-0.39, 0.29) is 17.2 Å². The maximum absolute atomic E-state index is 12.0. The van der Waals surface area contributed by atoms with E-state index in [1.165, 1.54) is 6.92 Å². The van der Waals surface area contributed by atoms with E-state index in [2.05, 4.69) is 5.32 Å². The summed E-state index contributed by atoms with van der Waals surface area (Å²) in [6, 6.07) is 8.88. The lowest BCUT2D eigenvalue weighted by atomic mass is 10.1. The fourth-order valence-electron chi connectivity index (χ4n) is 1.83. The molecule has 0 aliphatic rings. The van der Waals surface area contributed by atoms with Crippen LogP contribution in [0.3, 0.4) is 0 Å². The van der Waals surface area contributed by atoms with Crippen LogP contribution in [-0.4, -0.2) is 23.5 Å². The molecule has 5 heteroatoms. The Bertz CT molecular complexity index is 633. The molecule has 1 N–H and O–H groups in total. The highest BCUT2D eigenvalue weighted by molar-refractivity contribution is 5.94. The van der Waals surface area contributed by atoms with Crippen LogP contribution in [0.15, 0.2) is 34.7 Å². The largest absolute Gasteiger partial charge is 0.449 e. The van der Waals surface area contributed by atoms with E-state index >= 15 is 0 Å². The highest BCUT2D eigenvalue weighted by atomic mass is 16.6. The molecular formula is C16H19NO4. The van der Waals surface area contributed by atoms with Gasteiger partial charge < -0.3 is 14.5 Å². The first-order chi connectivity index (χ1) is 9.76. The number of hydrogen-bond acceptors (Lipinski definition) is 4. The van der Waals surface area contributed by atoms with Gasteiger partial charge in [-0.2, -0.15) is 0 Å². The molecular weight excluding hydrogens is 270 g/mol. The molecule has 0 fully saturated rings. The number of ether oxygens (including phenoxy) is 1. The van der Waals surface area contributed by atoms with Crippen molar-refractivity contribution in [2.45, 2.75) is 39.3 Å². The Balaban J connectivity index is 2.05. The Kier molecular flexibility index (Phi) is 4.02. The van der Waals surface area contributed by atoms with Gasteiger partial charge in [0.1, 0.15) is 5.58 Å². The molecule has 0 unspecified atom stereocenters. The van der Waals surface area contributed by atoms with Crippen molar-refractivity contribution in [2.75, 3.05) is 0 Å². The van der Waals surface area contributed by atoms with Crippen molar-refractivity contribution >= 4 is 22.8 Å². The molecule has 21 heavy (non-hydrogen) atoms. The summed E-state index contributed by atoms with van der Waals surface area (Å²) in [4.78, 5) is 23.9. The first kappa shape index (κ1) is 15.1. The minimum atomic E-state index is -0.884. The molecule has 2 aromatic rings. The average molecular weight is 289 g/mol. The van der Waals surface area contributed by atoms with Gasteiger partial charge in [0.2, 0.25) is 5.76 Å². The van der Waals surface area contributed by atoms with Gasteiger partial charge in [0, 0.05) is 10.9 Å². The molecule has 0 saturated carbocycles. The topological polar surface area (TPSA) is 68.5 Å². The number of amides is 1. The second-order valence-electron chi connectivity index (χ2n) is 5.94. The summed E-state index contributed by atoms with van der Waals surface area (Å²) >= 11 is 0. The summed E-state index contributed by atoms with van der Waals surface area (Å²) < 4.78 is 10.5. The zero-order valence-corrected chi connectivity index (χ0v) is 12.6.